The molecule has 1 aromatic rings. The molecule has 0 fully saturated rings. The van der Waals surface area contributed by atoms with Crippen molar-refractivity contribution in [1.82, 2.24) is 0 Å². The minimum absolute atomic E-state index is 0.0488. The number of unbranched alkanes of at least 4 members (excludes halogenated alkanes) is 1. The highest BCUT2D eigenvalue weighted by Gasteiger charge is 2.13. The topological polar surface area (TPSA) is 66.8 Å². The zero-order valence-corrected chi connectivity index (χ0v) is 12.3. The van der Waals surface area contributed by atoms with Crippen LogP contribution >= 0.6 is 0 Å². The maximum Gasteiger partial charge on any atom is 0.132 e. The number of aromatic hydroxyl groups is 2. The first-order valence-electron chi connectivity index (χ1n) is 7.07. The molecule has 2 N–H and O–H groups in total. The second kappa shape index (κ2) is 8.59. The Labute approximate surface area is 120 Å². The highest BCUT2D eigenvalue weighted by molar-refractivity contribution is 5.78. The van der Waals surface area contributed by atoms with Gasteiger partial charge in [0.25, 0.3) is 0 Å². The van der Waals surface area contributed by atoms with Gasteiger partial charge in [-0.2, -0.15) is 0 Å². The van der Waals surface area contributed by atoms with Crippen LogP contribution in [0.3, 0.4) is 0 Å². The Morgan fingerprint density at radius 3 is 2.65 bits per heavy atom. The lowest BCUT2D eigenvalue weighted by Gasteiger charge is -2.13. The molecule has 1 unspecified atom stereocenters. The number of carbonyl (C=O) groups excluding carboxylic acids is 1. The second-order valence-corrected chi connectivity index (χ2v) is 5.17. The highest BCUT2D eigenvalue weighted by Crippen LogP contribution is 2.31. The van der Waals surface area contributed by atoms with Crippen molar-refractivity contribution < 1.29 is 19.7 Å². The summed E-state index contributed by atoms with van der Waals surface area (Å²) in [6.07, 6.45) is 3.61. The molecule has 1 atom stereocenters. The molecule has 112 valence electrons. The molecule has 0 spiro atoms. The maximum absolute atomic E-state index is 11.7. The van der Waals surface area contributed by atoms with Crippen molar-refractivity contribution >= 4 is 5.78 Å². The third-order valence-corrected chi connectivity index (χ3v) is 3.46. The average molecular weight is 280 g/mol. The molecule has 4 heteroatoms. The Kier molecular flexibility index (Phi) is 7.09. The lowest BCUT2D eigenvalue weighted by molar-refractivity contribution is -0.119. The molecule has 0 saturated heterocycles. The van der Waals surface area contributed by atoms with Crippen molar-refractivity contribution in [2.45, 2.75) is 44.9 Å². The van der Waals surface area contributed by atoms with E-state index in [4.69, 9.17) is 4.74 Å². The molecule has 0 aromatic heterocycles. The fraction of sp³-hybridized carbons (Fsp3) is 0.562. The van der Waals surface area contributed by atoms with Gasteiger partial charge in [0.05, 0.1) is 0 Å². The molecule has 1 rings (SSSR count). The van der Waals surface area contributed by atoms with Crippen LogP contribution in [0, 0.1) is 0 Å². The fourth-order valence-corrected chi connectivity index (χ4v) is 2.18. The van der Waals surface area contributed by atoms with E-state index >= 15 is 0 Å². The van der Waals surface area contributed by atoms with Crippen molar-refractivity contribution in [2.75, 3.05) is 13.7 Å². The van der Waals surface area contributed by atoms with Gasteiger partial charge in [-0.15, -0.1) is 0 Å². The third kappa shape index (κ3) is 5.61. The molecule has 0 aliphatic heterocycles. The number of phenolic OH excluding ortho intramolecular Hbond substituents is 2. The summed E-state index contributed by atoms with van der Waals surface area (Å²) in [5, 5.41) is 19.0. The van der Waals surface area contributed by atoms with E-state index in [1.54, 1.807) is 19.2 Å². The molecule has 20 heavy (non-hydrogen) atoms. The highest BCUT2D eigenvalue weighted by atomic mass is 16.5. The summed E-state index contributed by atoms with van der Waals surface area (Å²) >= 11 is 0. The van der Waals surface area contributed by atoms with Gasteiger partial charge in [0.2, 0.25) is 0 Å². The fourth-order valence-electron chi connectivity index (χ4n) is 2.18. The number of ketones is 1. The van der Waals surface area contributed by atoms with E-state index < -0.39 is 0 Å². The molecule has 1 aromatic carbocycles. The van der Waals surface area contributed by atoms with Gasteiger partial charge < -0.3 is 14.9 Å². The van der Waals surface area contributed by atoms with E-state index in [9.17, 15) is 15.0 Å². The van der Waals surface area contributed by atoms with E-state index in [2.05, 4.69) is 0 Å². The maximum atomic E-state index is 11.7. The standard InChI is InChI=1S/C16H24O4/c1-12(15-9-8-14(18)11-16(15)19)6-7-13(17)5-3-4-10-20-2/h8-9,11-12,18-19H,3-7,10H2,1-2H3. The number of hydrogen-bond acceptors (Lipinski definition) is 4. The molecule has 0 bridgehead atoms. The normalized spacial score (nSPS) is 12.3. The van der Waals surface area contributed by atoms with Crippen LogP contribution in [-0.4, -0.2) is 29.7 Å². The zero-order chi connectivity index (χ0) is 15.0. The molecule has 0 amide bonds. The monoisotopic (exact) mass is 280 g/mol. The number of Topliss-reactive ketones (excluding diaryl/α,β-unsaturated/α-hetero) is 1. The van der Waals surface area contributed by atoms with Crippen LogP contribution in [0.4, 0.5) is 0 Å². The largest absolute Gasteiger partial charge is 0.508 e. The Morgan fingerprint density at radius 1 is 1.25 bits per heavy atom. The van der Waals surface area contributed by atoms with Crippen LogP contribution in [0.25, 0.3) is 0 Å². The van der Waals surface area contributed by atoms with Crippen molar-refractivity contribution in [2.24, 2.45) is 0 Å². The van der Waals surface area contributed by atoms with Gasteiger partial charge in [0, 0.05) is 32.6 Å². The first kappa shape index (κ1) is 16.5. The van der Waals surface area contributed by atoms with Crippen molar-refractivity contribution in [3.63, 3.8) is 0 Å². The Hall–Kier alpha value is -1.55. The van der Waals surface area contributed by atoms with Gasteiger partial charge in [-0.25, -0.2) is 0 Å². The van der Waals surface area contributed by atoms with Crippen LogP contribution < -0.4 is 0 Å². The van der Waals surface area contributed by atoms with E-state index in [0.29, 0.717) is 25.9 Å². The predicted octanol–water partition coefficient (Wildman–Crippen LogP) is 3.37. The van der Waals surface area contributed by atoms with Crippen LogP contribution in [0.15, 0.2) is 18.2 Å². The third-order valence-electron chi connectivity index (χ3n) is 3.46. The van der Waals surface area contributed by atoms with E-state index in [1.807, 2.05) is 6.92 Å². The molecule has 0 radical (unpaired) electrons. The molecule has 0 aliphatic rings. The smallest absolute Gasteiger partial charge is 0.132 e. The quantitative estimate of drug-likeness (QED) is 0.681. The summed E-state index contributed by atoms with van der Waals surface area (Å²) in [5.41, 5.74) is 0.773. The average Bonchev–Trinajstić information content (AvgIpc) is 2.41. The van der Waals surface area contributed by atoms with Gasteiger partial charge in [-0.1, -0.05) is 13.0 Å². The Morgan fingerprint density at radius 2 is 2.00 bits per heavy atom. The van der Waals surface area contributed by atoms with Gasteiger partial charge in [0.1, 0.15) is 17.3 Å². The summed E-state index contributed by atoms with van der Waals surface area (Å²) < 4.78 is 4.94. The Balaban J connectivity index is 2.35. The SMILES string of the molecule is COCCCCC(=O)CCC(C)c1ccc(O)cc1O. The van der Waals surface area contributed by atoms with Crippen molar-refractivity contribution in [3.05, 3.63) is 23.8 Å². The summed E-state index contributed by atoms with van der Waals surface area (Å²) in [6, 6.07) is 4.59. The minimum Gasteiger partial charge on any atom is -0.508 e. The predicted molar refractivity (Wildman–Crippen MR) is 78.2 cm³/mol. The summed E-state index contributed by atoms with van der Waals surface area (Å²) in [7, 11) is 1.66. The van der Waals surface area contributed by atoms with E-state index in [1.165, 1.54) is 6.07 Å². The minimum atomic E-state index is 0.0488. The molecule has 0 aliphatic carbocycles. The number of rotatable bonds is 9. The summed E-state index contributed by atoms with van der Waals surface area (Å²) in [5.74, 6) is 0.488. The summed E-state index contributed by atoms with van der Waals surface area (Å²) in [4.78, 5) is 11.7. The number of benzene rings is 1. The Bertz CT molecular complexity index is 428. The van der Waals surface area contributed by atoms with Crippen LogP contribution in [0.1, 0.15) is 50.5 Å². The van der Waals surface area contributed by atoms with E-state index in [0.717, 1.165) is 18.4 Å². The first-order valence-corrected chi connectivity index (χ1v) is 7.07. The first-order chi connectivity index (χ1) is 9.54. The number of hydrogen-bond donors (Lipinski definition) is 2. The van der Waals surface area contributed by atoms with Crippen LogP contribution in [0.2, 0.25) is 0 Å². The molecular formula is C16H24O4. The van der Waals surface area contributed by atoms with Crippen LogP contribution in [0.5, 0.6) is 11.5 Å². The second-order valence-electron chi connectivity index (χ2n) is 5.17. The number of carbonyl (C=O) groups is 1. The van der Waals surface area contributed by atoms with Crippen molar-refractivity contribution in [3.8, 4) is 11.5 Å². The number of ether oxygens (including phenoxy) is 1. The van der Waals surface area contributed by atoms with Gasteiger partial charge in [-0.3, -0.25) is 4.79 Å². The van der Waals surface area contributed by atoms with Gasteiger partial charge in [0.15, 0.2) is 0 Å². The van der Waals surface area contributed by atoms with Gasteiger partial charge >= 0.3 is 0 Å². The number of methoxy groups -OCH3 is 1. The zero-order valence-electron chi connectivity index (χ0n) is 12.3. The molecular weight excluding hydrogens is 256 g/mol. The van der Waals surface area contributed by atoms with E-state index in [-0.39, 0.29) is 23.2 Å². The number of phenols is 2. The molecule has 0 saturated carbocycles. The van der Waals surface area contributed by atoms with Crippen molar-refractivity contribution in [1.29, 1.82) is 0 Å². The molecule has 4 nitrogen and oxygen atoms in total. The van der Waals surface area contributed by atoms with Gasteiger partial charge in [-0.05, 0) is 36.8 Å². The lowest BCUT2D eigenvalue weighted by Crippen LogP contribution is -2.02. The molecule has 0 heterocycles. The lowest BCUT2D eigenvalue weighted by atomic mass is 9.93. The summed E-state index contributed by atoms with van der Waals surface area (Å²) in [6.45, 7) is 2.68. The van der Waals surface area contributed by atoms with Crippen LogP contribution in [-0.2, 0) is 9.53 Å².